The van der Waals surface area contributed by atoms with Crippen molar-refractivity contribution < 1.29 is 4.74 Å². The van der Waals surface area contributed by atoms with Crippen molar-refractivity contribution in [2.24, 2.45) is 0 Å². The molecule has 2 nitrogen and oxygen atoms in total. The van der Waals surface area contributed by atoms with Gasteiger partial charge in [0.1, 0.15) is 5.75 Å². The average molecular weight is 381 g/mol. The lowest BCUT2D eigenvalue weighted by Crippen LogP contribution is -2.23. The first kappa shape index (κ1) is 15.3. The summed E-state index contributed by atoms with van der Waals surface area (Å²) in [6, 6.07) is 15.0. The minimum atomic E-state index is 0.220. The van der Waals surface area contributed by atoms with Gasteiger partial charge in [-0.05, 0) is 64.9 Å². The molecule has 2 aromatic carbocycles. The van der Waals surface area contributed by atoms with Crippen molar-refractivity contribution in [3.05, 3.63) is 62.7 Å². The van der Waals surface area contributed by atoms with Gasteiger partial charge in [0, 0.05) is 3.57 Å². The summed E-state index contributed by atoms with van der Waals surface area (Å²) in [7, 11) is 1.69. The first-order valence-corrected chi connectivity index (χ1v) is 7.87. The Morgan fingerprint density at radius 3 is 2.45 bits per heavy atom. The topological polar surface area (TPSA) is 21.3 Å². The molecule has 0 heterocycles. The minimum Gasteiger partial charge on any atom is -0.497 e. The van der Waals surface area contributed by atoms with Crippen LogP contribution in [0, 0.1) is 10.5 Å². The lowest BCUT2D eigenvalue weighted by Gasteiger charge is -2.21. The fraction of sp³-hybridized carbons (Fsp3) is 0.294. The molecule has 0 amide bonds. The van der Waals surface area contributed by atoms with Crippen LogP contribution in [0.15, 0.2) is 42.5 Å². The van der Waals surface area contributed by atoms with Gasteiger partial charge in [-0.1, -0.05) is 37.3 Å². The van der Waals surface area contributed by atoms with Crippen molar-refractivity contribution in [2.45, 2.75) is 19.9 Å². The highest BCUT2D eigenvalue weighted by atomic mass is 127. The minimum absolute atomic E-state index is 0.220. The van der Waals surface area contributed by atoms with Crippen LogP contribution in [-0.4, -0.2) is 13.7 Å². The van der Waals surface area contributed by atoms with Crippen molar-refractivity contribution in [3.63, 3.8) is 0 Å². The average Bonchev–Trinajstić information content (AvgIpc) is 2.48. The third-order valence-corrected chi connectivity index (χ3v) is 4.86. The van der Waals surface area contributed by atoms with Crippen LogP contribution in [0.3, 0.4) is 0 Å². The number of ether oxygens (including phenoxy) is 1. The molecule has 0 aromatic heterocycles. The van der Waals surface area contributed by atoms with Gasteiger partial charge in [-0.15, -0.1) is 0 Å². The summed E-state index contributed by atoms with van der Waals surface area (Å²) < 4.78 is 6.56. The van der Waals surface area contributed by atoms with E-state index in [2.05, 4.69) is 72.1 Å². The molecule has 0 aliphatic heterocycles. The van der Waals surface area contributed by atoms with Gasteiger partial charge in [0.2, 0.25) is 0 Å². The number of methoxy groups -OCH3 is 1. The van der Waals surface area contributed by atoms with Crippen LogP contribution < -0.4 is 10.1 Å². The van der Waals surface area contributed by atoms with Gasteiger partial charge in [0.25, 0.3) is 0 Å². The van der Waals surface area contributed by atoms with E-state index in [1.54, 1.807) is 7.11 Å². The van der Waals surface area contributed by atoms with E-state index >= 15 is 0 Å². The Morgan fingerprint density at radius 2 is 1.85 bits per heavy atom. The van der Waals surface area contributed by atoms with Crippen LogP contribution >= 0.6 is 22.6 Å². The Kier molecular flexibility index (Phi) is 5.43. The first-order chi connectivity index (χ1) is 9.67. The molecule has 2 rings (SSSR count). The number of aryl methyl sites for hydroxylation is 1. The Labute approximate surface area is 134 Å². The van der Waals surface area contributed by atoms with Crippen molar-refractivity contribution in [1.82, 2.24) is 5.32 Å². The second kappa shape index (κ2) is 7.09. The van der Waals surface area contributed by atoms with Gasteiger partial charge in [0.15, 0.2) is 0 Å². The maximum atomic E-state index is 5.24. The zero-order chi connectivity index (χ0) is 14.5. The van der Waals surface area contributed by atoms with E-state index in [-0.39, 0.29) is 6.04 Å². The van der Waals surface area contributed by atoms with E-state index in [1.807, 2.05) is 12.1 Å². The standard InChI is InChI=1S/C17H20INO/c1-4-19-17(13-8-10-14(20-3)11-9-13)15-7-5-6-12(2)16(15)18/h5-11,17,19H,4H2,1-3H3. The predicted octanol–water partition coefficient (Wildman–Crippen LogP) is 4.31. The second-order valence-electron chi connectivity index (χ2n) is 4.74. The van der Waals surface area contributed by atoms with E-state index < -0.39 is 0 Å². The molecule has 1 unspecified atom stereocenters. The molecule has 0 radical (unpaired) electrons. The number of rotatable bonds is 5. The maximum Gasteiger partial charge on any atom is 0.118 e. The Balaban J connectivity index is 2.41. The highest BCUT2D eigenvalue weighted by Crippen LogP contribution is 2.29. The number of hydrogen-bond acceptors (Lipinski definition) is 2. The SMILES string of the molecule is CCNC(c1ccc(OC)cc1)c1cccc(C)c1I. The third kappa shape index (κ3) is 3.33. The van der Waals surface area contributed by atoms with E-state index in [4.69, 9.17) is 4.74 Å². The number of nitrogens with one attached hydrogen (secondary N) is 1. The Hall–Kier alpha value is -1.07. The van der Waals surface area contributed by atoms with E-state index in [0.29, 0.717) is 0 Å². The predicted molar refractivity (Wildman–Crippen MR) is 92.4 cm³/mol. The zero-order valence-corrected chi connectivity index (χ0v) is 14.3. The van der Waals surface area contributed by atoms with Crippen LogP contribution in [-0.2, 0) is 0 Å². The highest BCUT2D eigenvalue weighted by molar-refractivity contribution is 14.1. The summed E-state index contributed by atoms with van der Waals surface area (Å²) in [6.45, 7) is 5.22. The van der Waals surface area contributed by atoms with E-state index in [9.17, 15) is 0 Å². The largest absolute Gasteiger partial charge is 0.497 e. The van der Waals surface area contributed by atoms with Crippen LogP contribution in [0.5, 0.6) is 5.75 Å². The van der Waals surface area contributed by atoms with Crippen LogP contribution in [0.25, 0.3) is 0 Å². The van der Waals surface area contributed by atoms with Gasteiger partial charge in [-0.2, -0.15) is 0 Å². The first-order valence-electron chi connectivity index (χ1n) is 6.79. The summed E-state index contributed by atoms with van der Waals surface area (Å²) >= 11 is 2.44. The molecule has 106 valence electrons. The van der Waals surface area contributed by atoms with E-state index in [1.165, 1.54) is 20.3 Å². The molecule has 0 aliphatic carbocycles. The molecule has 3 heteroatoms. The van der Waals surface area contributed by atoms with Gasteiger partial charge in [0.05, 0.1) is 13.2 Å². The molecule has 0 aliphatic rings. The third-order valence-electron chi connectivity index (χ3n) is 3.39. The molecular formula is C17H20INO. The van der Waals surface area contributed by atoms with Crippen LogP contribution in [0.4, 0.5) is 0 Å². The zero-order valence-electron chi connectivity index (χ0n) is 12.1. The van der Waals surface area contributed by atoms with Crippen LogP contribution in [0.2, 0.25) is 0 Å². The molecule has 1 N–H and O–H groups in total. The normalized spacial score (nSPS) is 12.2. The van der Waals surface area contributed by atoms with E-state index in [0.717, 1.165) is 12.3 Å². The summed E-state index contributed by atoms with van der Waals surface area (Å²) in [5, 5.41) is 3.58. The number of halogens is 1. The Bertz CT molecular complexity index is 566. The summed E-state index contributed by atoms with van der Waals surface area (Å²) in [5.41, 5.74) is 3.91. The molecule has 2 aromatic rings. The highest BCUT2D eigenvalue weighted by Gasteiger charge is 2.16. The monoisotopic (exact) mass is 381 g/mol. The van der Waals surface area contributed by atoms with Crippen molar-refractivity contribution in [1.29, 1.82) is 0 Å². The smallest absolute Gasteiger partial charge is 0.118 e. The maximum absolute atomic E-state index is 5.24. The van der Waals surface area contributed by atoms with Crippen molar-refractivity contribution in [2.75, 3.05) is 13.7 Å². The number of benzene rings is 2. The Morgan fingerprint density at radius 1 is 1.15 bits per heavy atom. The second-order valence-corrected chi connectivity index (χ2v) is 5.82. The van der Waals surface area contributed by atoms with Gasteiger partial charge in [-0.3, -0.25) is 0 Å². The summed E-state index contributed by atoms with van der Waals surface area (Å²) in [6.07, 6.45) is 0. The van der Waals surface area contributed by atoms with Crippen LogP contribution in [0.1, 0.15) is 29.7 Å². The van der Waals surface area contributed by atoms with Gasteiger partial charge < -0.3 is 10.1 Å². The summed E-state index contributed by atoms with van der Waals surface area (Å²) in [4.78, 5) is 0. The molecule has 0 spiro atoms. The molecule has 20 heavy (non-hydrogen) atoms. The molecule has 0 fully saturated rings. The number of hydrogen-bond donors (Lipinski definition) is 1. The van der Waals surface area contributed by atoms with Crippen molar-refractivity contribution in [3.8, 4) is 5.75 Å². The molecule has 1 atom stereocenters. The molecule has 0 saturated carbocycles. The lowest BCUT2D eigenvalue weighted by atomic mass is 9.97. The van der Waals surface area contributed by atoms with Gasteiger partial charge in [-0.25, -0.2) is 0 Å². The summed E-state index contributed by atoms with van der Waals surface area (Å²) in [5.74, 6) is 0.892. The van der Waals surface area contributed by atoms with Gasteiger partial charge >= 0.3 is 0 Å². The molecular weight excluding hydrogens is 361 g/mol. The fourth-order valence-electron chi connectivity index (χ4n) is 2.30. The van der Waals surface area contributed by atoms with Crippen molar-refractivity contribution >= 4 is 22.6 Å². The molecule has 0 bridgehead atoms. The molecule has 0 saturated heterocycles. The lowest BCUT2D eigenvalue weighted by molar-refractivity contribution is 0.414. The quantitative estimate of drug-likeness (QED) is 0.780. The fourth-order valence-corrected chi connectivity index (χ4v) is 2.97.